The lowest BCUT2D eigenvalue weighted by molar-refractivity contribution is -0.286. The van der Waals surface area contributed by atoms with E-state index in [1.54, 1.807) is 6.20 Å². The highest BCUT2D eigenvalue weighted by Crippen LogP contribution is 2.42. The Morgan fingerprint density at radius 1 is 1.14 bits per heavy atom. The number of anilines is 1. The molecule has 8 heteroatoms. The average Bonchev–Trinajstić information content (AvgIpc) is 2.94. The van der Waals surface area contributed by atoms with Crippen LogP contribution in [0.4, 0.5) is 14.5 Å². The maximum Gasteiger partial charge on any atom is 0.586 e. The molecule has 144 valence electrons. The number of hydrogen-bond donors (Lipinski definition) is 1. The van der Waals surface area contributed by atoms with E-state index in [4.69, 9.17) is 0 Å². The number of benzene rings is 2. The SMILES string of the molecule is CC(=O)N1C=Cc2ccccc2C1CC(=O)Nc1ccc2c(c1)OC(F)(F)O2. The zero-order valence-electron chi connectivity index (χ0n) is 14.8. The van der Waals surface area contributed by atoms with Gasteiger partial charge in [-0.05, 0) is 29.3 Å². The van der Waals surface area contributed by atoms with Gasteiger partial charge in [0.2, 0.25) is 11.8 Å². The van der Waals surface area contributed by atoms with Crippen molar-refractivity contribution in [2.75, 3.05) is 5.32 Å². The Kier molecular flexibility index (Phi) is 4.26. The van der Waals surface area contributed by atoms with Crippen LogP contribution < -0.4 is 14.8 Å². The topological polar surface area (TPSA) is 67.9 Å². The third-order valence-electron chi connectivity index (χ3n) is 4.53. The zero-order chi connectivity index (χ0) is 19.9. The van der Waals surface area contributed by atoms with E-state index in [9.17, 15) is 18.4 Å². The highest BCUT2D eigenvalue weighted by atomic mass is 19.3. The van der Waals surface area contributed by atoms with Crippen molar-refractivity contribution < 1.29 is 27.8 Å². The fraction of sp³-hybridized carbons (Fsp3) is 0.200. The largest absolute Gasteiger partial charge is 0.586 e. The van der Waals surface area contributed by atoms with Gasteiger partial charge in [0, 0.05) is 24.9 Å². The molecule has 1 unspecified atom stereocenters. The van der Waals surface area contributed by atoms with Gasteiger partial charge in [0.15, 0.2) is 11.5 Å². The van der Waals surface area contributed by atoms with Gasteiger partial charge in [-0.3, -0.25) is 9.59 Å². The van der Waals surface area contributed by atoms with Gasteiger partial charge in [0.25, 0.3) is 0 Å². The summed E-state index contributed by atoms with van der Waals surface area (Å²) in [6.07, 6.45) is -0.231. The lowest BCUT2D eigenvalue weighted by Gasteiger charge is -2.32. The Hall–Kier alpha value is -3.42. The standard InChI is InChI=1S/C20H16F2N2O4/c1-12(25)24-9-8-13-4-2-3-5-15(13)16(24)11-19(26)23-14-6-7-17-18(10-14)28-20(21,22)27-17/h2-10,16H,11H2,1H3,(H,23,26). The summed E-state index contributed by atoms with van der Waals surface area (Å²) in [5.74, 6) is -0.808. The monoisotopic (exact) mass is 386 g/mol. The number of alkyl halides is 2. The number of rotatable bonds is 3. The minimum atomic E-state index is -3.72. The molecule has 2 aliphatic heterocycles. The molecule has 0 saturated heterocycles. The first-order chi connectivity index (χ1) is 13.3. The Morgan fingerprint density at radius 3 is 2.68 bits per heavy atom. The number of amides is 2. The molecule has 2 aromatic rings. The second-order valence-electron chi connectivity index (χ2n) is 6.47. The van der Waals surface area contributed by atoms with Gasteiger partial charge in [-0.1, -0.05) is 24.3 Å². The van der Waals surface area contributed by atoms with E-state index in [0.717, 1.165) is 11.1 Å². The molecular formula is C20H16F2N2O4. The van der Waals surface area contributed by atoms with Crippen LogP contribution in [0.15, 0.2) is 48.7 Å². The van der Waals surface area contributed by atoms with Crippen LogP contribution in [-0.2, 0) is 9.59 Å². The molecule has 4 rings (SSSR count). The number of carbonyl (C=O) groups is 2. The van der Waals surface area contributed by atoms with Gasteiger partial charge >= 0.3 is 6.29 Å². The van der Waals surface area contributed by atoms with Crippen LogP contribution in [0.3, 0.4) is 0 Å². The molecule has 28 heavy (non-hydrogen) atoms. The van der Waals surface area contributed by atoms with Crippen molar-refractivity contribution in [1.82, 2.24) is 4.90 Å². The van der Waals surface area contributed by atoms with Gasteiger partial charge in [-0.15, -0.1) is 8.78 Å². The first-order valence-corrected chi connectivity index (χ1v) is 8.58. The van der Waals surface area contributed by atoms with Crippen LogP contribution in [0.2, 0.25) is 0 Å². The van der Waals surface area contributed by atoms with E-state index in [2.05, 4.69) is 14.8 Å². The van der Waals surface area contributed by atoms with Crippen LogP contribution in [0.25, 0.3) is 6.08 Å². The number of hydrogen-bond acceptors (Lipinski definition) is 4. The molecule has 1 atom stereocenters. The number of fused-ring (bicyclic) bond motifs is 2. The molecule has 2 aliphatic rings. The third kappa shape index (κ3) is 3.40. The summed E-state index contributed by atoms with van der Waals surface area (Å²) in [6.45, 7) is 1.43. The molecule has 2 heterocycles. The molecule has 2 amide bonds. The average molecular weight is 386 g/mol. The Balaban J connectivity index is 1.52. The molecule has 0 radical (unpaired) electrons. The lowest BCUT2D eigenvalue weighted by atomic mass is 9.93. The van der Waals surface area contributed by atoms with E-state index < -0.39 is 12.3 Å². The van der Waals surface area contributed by atoms with Crippen LogP contribution in [0, 0.1) is 0 Å². The second-order valence-corrected chi connectivity index (χ2v) is 6.47. The van der Waals surface area contributed by atoms with Gasteiger partial charge in [0.1, 0.15) is 0 Å². The van der Waals surface area contributed by atoms with Crippen molar-refractivity contribution in [3.05, 3.63) is 59.8 Å². The van der Waals surface area contributed by atoms with E-state index >= 15 is 0 Å². The number of halogens is 2. The van der Waals surface area contributed by atoms with Crippen molar-refractivity contribution >= 4 is 23.6 Å². The highest BCUT2D eigenvalue weighted by molar-refractivity contribution is 5.92. The van der Waals surface area contributed by atoms with Gasteiger partial charge in [0.05, 0.1) is 12.5 Å². The third-order valence-corrected chi connectivity index (χ3v) is 4.53. The quantitative estimate of drug-likeness (QED) is 0.869. The smallest absolute Gasteiger partial charge is 0.395 e. The minimum Gasteiger partial charge on any atom is -0.395 e. The second kappa shape index (κ2) is 6.63. The van der Waals surface area contributed by atoms with Gasteiger partial charge < -0.3 is 19.7 Å². The molecule has 0 aliphatic carbocycles. The fourth-order valence-corrected chi connectivity index (χ4v) is 3.33. The molecule has 0 saturated carbocycles. The predicted molar refractivity (Wildman–Crippen MR) is 96.6 cm³/mol. The normalized spacial score (nSPS) is 18.5. The molecule has 0 fully saturated rings. The van der Waals surface area contributed by atoms with Crippen LogP contribution in [0.1, 0.15) is 30.5 Å². The number of nitrogens with zero attached hydrogens (tertiary/aromatic N) is 1. The molecule has 0 spiro atoms. The predicted octanol–water partition coefficient (Wildman–Crippen LogP) is 3.91. The molecule has 0 bridgehead atoms. The van der Waals surface area contributed by atoms with Crippen molar-refractivity contribution in [3.8, 4) is 11.5 Å². The Labute approximate surface area is 159 Å². The summed E-state index contributed by atoms with van der Waals surface area (Å²) < 4.78 is 35.0. The summed E-state index contributed by atoms with van der Waals surface area (Å²) in [5.41, 5.74) is 2.09. The van der Waals surface area contributed by atoms with Crippen LogP contribution >= 0.6 is 0 Å². The van der Waals surface area contributed by atoms with E-state index in [-0.39, 0.29) is 29.7 Å². The summed E-state index contributed by atoms with van der Waals surface area (Å²) in [6, 6.07) is 11.1. The summed E-state index contributed by atoms with van der Waals surface area (Å²) in [7, 11) is 0. The molecule has 2 aromatic carbocycles. The maximum atomic E-state index is 13.1. The zero-order valence-corrected chi connectivity index (χ0v) is 14.8. The van der Waals surface area contributed by atoms with Gasteiger partial charge in [-0.2, -0.15) is 0 Å². The van der Waals surface area contributed by atoms with E-state index in [0.29, 0.717) is 5.69 Å². The van der Waals surface area contributed by atoms with Crippen molar-refractivity contribution in [2.24, 2.45) is 0 Å². The fourth-order valence-electron chi connectivity index (χ4n) is 3.33. The molecular weight excluding hydrogens is 370 g/mol. The van der Waals surface area contributed by atoms with Crippen molar-refractivity contribution in [3.63, 3.8) is 0 Å². The Bertz CT molecular complexity index is 990. The lowest BCUT2D eigenvalue weighted by Crippen LogP contribution is -2.33. The number of ether oxygens (including phenoxy) is 2. The summed E-state index contributed by atoms with van der Waals surface area (Å²) in [5, 5.41) is 2.66. The highest BCUT2D eigenvalue weighted by Gasteiger charge is 2.43. The van der Waals surface area contributed by atoms with Crippen LogP contribution in [-0.4, -0.2) is 23.0 Å². The molecule has 0 aromatic heterocycles. The molecule has 1 N–H and O–H groups in total. The van der Waals surface area contributed by atoms with E-state index in [1.165, 1.54) is 30.0 Å². The summed E-state index contributed by atoms with van der Waals surface area (Å²) >= 11 is 0. The summed E-state index contributed by atoms with van der Waals surface area (Å²) in [4.78, 5) is 26.1. The van der Waals surface area contributed by atoms with Crippen LogP contribution in [0.5, 0.6) is 11.5 Å². The number of nitrogens with one attached hydrogen (secondary N) is 1. The van der Waals surface area contributed by atoms with E-state index in [1.807, 2.05) is 30.3 Å². The Morgan fingerprint density at radius 2 is 1.89 bits per heavy atom. The first-order valence-electron chi connectivity index (χ1n) is 8.58. The van der Waals surface area contributed by atoms with Crippen molar-refractivity contribution in [1.29, 1.82) is 0 Å². The van der Waals surface area contributed by atoms with Crippen molar-refractivity contribution in [2.45, 2.75) is 25.7 Å². The number of carbonyl (C=O) groups excluding carboxylic acids is 2. The van der Waals surface area contributed by atoms with Gasteiger partial charge in [-0.25, -0.2) is 0 Å². The first kappa shape index (κ1) is 18.0. The maximum absolute atomic E-state index is 13.1. The molecule has 6 nitrogen and oxygen atoms in total. The minimum absolute atomic E-state index is 0.00549.